The van der Waals surface area contributed by atoms with Crippen molar-refractivity contribution in [1.29, 1.82) is 5.26 Å². The van der Waals surface area contributed by atoms with Crippen LogP contribution in [0.2, 0.25) is 0 Å². The highest BCUT2D eigenvalue weighted by atomic mass is 14.3. The van der Waals surface area contributed by atoms with Crippen LogP contribution in [0.15, 0.2) is 35.4 Å². The number of unbranched alkanes of at least 4 members (excludes halogenated alkanes) is 1. The molecule has 1 aliphatic carbocycles. The van der Waals surface area contributed by atoms with E-state index in [1.54, 1.807) is 0 Å². The number of aryl methyl sites for hydroxylation is 2. The molecule has 0 bridgehead atoms. The van der Waals surface area contributed by atoms with Gasteiger partial charge in [0.25, 0.3) is 0 Å². The lowest BCUT2D eigenvalue weighted by atomic mass is 9.76. The normalized spacial score (nSPS) is 14.1. The Bertz CT molecular complexity index is 1130. The van der Waals surface area contributed by atoms with Crippen LogP contribution >= 0.6 is 0 Å². The van der Waals surface area contributed by atoms with Gasteiger partial charge in [-0.2, -0.15) is 5.26 Å². The standard InChI is InChI=1S/C31H39N/c1-19(2)29-24(7)28(11-9-10-16-32)30(26-14-12-20(3)22(5)17-26)25(8)31(29)27-15-13-21(4)23(6)18-27/h13,15,17-19H,9-12,14H2,1-8H3. The van der Waals surface area contributed by atoms with Gasteiger partial charge in [-0.25, -0.2) is 0 Å². The van der Waals surface area contributed by atoms with Gasteiger partial charge in [-0.1, -0.05) is 49.3 Å². The fraction of sp³-hybridized carbons (Fsp3) is 0.452. The number of hydrogen-bond donors (Lipinski definition) is 0. The van der Waals surface area contributed by atoms with Crippen molar-refractivity contribution in [3.05, 3.63) is 74.4 Å². The van der Waals surface area contributed by atoms with E-state index in [9.17, 15) is 0 Å². The average molecular weight is 426 g/mol. The molecule has 0 fully saturated rings. The minimum absolute atomic E-state index is 0.443. The quantitative estimate of drug-likeness (QED) is 0.423. The van der Waals surface area contributed by atoms with Crippen LogP contribution in [-0.2, 0) is 6.42 Å². The minimum atomic E-state index is 0.443. The molecule has 168 valence electrons. The van der Waals surface area contributed by atoms with Crippen molar-refractivity contribution < 1.29 is 0 Å². The molecule has 1 aliphatic rings. The second kappa shape index (κ2) is 9.91. The van der Waals surface area contributed by atoms with Crippen molar-refractivity contribution in [1.82, 2.24) is 0 Å². The molecule has 0 atom stereocenters. The van der Waals surface area contributed by atoms with Crippen LogP contribution in [-0.4, -0.2) is 0 Å². The van der Waals surface area contributed by atoms with Gasteiger partial charge in [-0.05, 0) is 129 Å². The van der Waals surface area contributed by atoms with Gasteiger partial charge in [-0.3, -0.25) is 0 Å². The van der Waals surface area contributed by atoms with Crippen LogP contribution in [0, 0.1) is 39.0 Å². The Morgan fingerprint density at radius 2 is 1.62 bits per heavy atom. The molecule has 2 aromatic carbocycles. The van der Waals surface area contributed by atoms with Crippen LogP contribution in [0.5, 0.6) is 0 Å². The van der Waals surface area contributed by atoms with Crippen molar-refractivity contribution in [2.45, 2.75) is 93.4 Å². The van der Waals surface area contributed by atoms with Gasteiger partial charge < -0.3 is 0 Å². The molecule has 1 heteroatoms. The fourth-order valence-corrected chi connectivity index (χ4v) is 5.35. The Morgan fingerprint density at radius 1 is 0.906 bits per heavy atom. The van der Waals surface area contributed by atoms with Crippen LogP contribution in [0.25, 0.3) is 16.7 Å². The smallest absolute Gasteiger partial charge is 0.0621 e. The Kier molecular flexibility index (Phi) is 7.45. The lowest BCUT2D eigenvalue weighted by Gasteiger charge is -2.29. The summed E-state index contributed by atoms with van der Waals surface area (Å²) < 4.78 is 0. The Hall–Kier alpha value is -2.59. The van der Waals surface area contributed by atoms with E-state index in [-0.39, 0.29) is 0 Å². The second-order valence-corrected chi connectivity index (χ2v) is 9.99. The number of nitrogens with zero attached hydrogens (tertiary/aromatic N) is 1. The van der Waals surface area contributed by atoms with E-state index in [1.165, 1.54) is 66.8 Å². The molecule has 0 N–H and O–H groups in total. The first-order valence-corrected chi connectivity index (χ1v) is 12.1. The van der Waals surface area contributed by atoms with Crippen LogP contribution < -0.4 is 0 Å². The molecule has 0 heterocycles. The van der Waals surface area contributed by atoms with Crippen molar-refractivity contribution in [3.8, 4) is 17.2 Å². The summed E-state index contributed by atoms with van der Waals surface area (Å²) in [6.45, 7) is 18.2. The third-order valence-electron chi connectivity index (χ3n) is 7.42. The molecular formula is C31H39N. The number of allylic oxidation sites excluding steroid dienone is 4. The predicted octanol–water partition coefficient (Wildman–Crippen LogP) is 9.07. The summed E-state index contributed by atoms with van der Waals surface area (Å²) in [7, 11) is 0. The molecule has 2 aromatic rings. The van der Waals surface area contributed by atoms with Gasteiger partial charge in [0.2, 0.25) is 0 Å². The van der Waals surface area contributed by atoms with Crippen LogP contribution in [0.4, 0.5) is 0 Å². The monoisotopic (exact) mass is 425 g/mol. The molecule has 0 saturated carbocycles. The number of benzene rings is 2. The van der Waals surface area contributed by atoms with Gasteiger partial charge >= 0.3 is 0 Å². The lowest BCUT2D eigenvalue weighted by Crippen LogP contribution is -2.10. The minimum Gasteiger partial charge on any atom is -0.198 e. The lowest BCUT2D eigenvalue weighted by molar-refractivity contribution is 0.814. The first kappa shape index (κ1) is 24.1. The van der Waals surface area contributed by atoms with Gasteiger partial charge in [0.15, 0.2) is 0 Å². The van der Waals surface area contributed by atoms with Gasteiger partial charge in [0, 0.05) is 6.42 Å². The van der Waals surface area contributed by atoms with E-state index in [1.807, 2.05) is 0 Å². The Labute approximate surface area is 195 Å². The maximum absolute atomic E-state index is 9.17. The summed E-state index contributed by atoms with van der Waals surface area (Å²) in [5, 5.41) is 9.17. The van der Waals surface area contributed by atoms with Crippen molar-refractivity contribution in [2.24, 2.45) is 0 Å². The third-order valence-corrected chi connectivity index (χ3v) is 7.42. The van der Waals surface area contributed by atoms with Gasteiger partial charge in [0.1, 0.15) is 0 Å². The average Bonchev–Trinajstić information content (AvgIpc) is 2.74. The zero-order valence-electron chi connectivity index (χ0n) is 21.4. The molecule has 3 rings (SSSR count). The fourth-order valence-electron chi connectivity index (χ4n) is 5.35. The second-order valence-electron chi connectivity index (χ2n) is 9.99. The van der Waals surface area contributed by atoms with Gasteiger partial charge in [-0.15, -0.1) is 0 Å². The molecule has 0 saturated heterocycles. The molecule has 0 amide bonds. The van der Waals surface area contributed by atoms with Crippen LogP contribution in [0.3, 0.4) is 0 Å². The zero-order valence-corrected chi connectivity index (χ0v) is 21.4. The first-order valence-electron chi connectivity index (χ1n) is 12.1. The predicted molar refractivity (Wildman–Crippen MR) is 139 cm³/mol. The van der Waals surface area contributed by atoms with Crippen molar-refractivity contribution in [2.75, 3.05) is 0 Å². The Morgan fingerprint density at radius 3 is 2.22 bits per heavy atom. The number of hydrogen-bond acceptors (Lipinski definition) is 1. The highest BCUT2D eigenvalue weighted by Gasteiger charge is 2.25. The summed E-state index contributed by atoms with van der Waals surface area (Å²) in [5.74, 6) is 0.443. The van der Waals surface area contributed by atoms with E-state index in [0.717, 1.165) is 25.7 Å². The molecular weight excluding hydrogens is 386 g/mol. The van der Waals surface area contributed by atoms with E-state index in [2.05, 4.69) is 85.7 Å². The topological polar surface area (TPSA) is 23.8 Å². The van der Waals surface area contributed by atoms with Crippen LogP contribution in [0.1, 0.15) is 98.2 Å². The summed E-state index contributed by atoms with van der Waals surface area (Å²) in [6, 6.07) is 9.28. The SMILES string of the molecule is CC1=C(C)CCC(c2c(C)c(-c3ccc(C)c(C)c3)c(C(C)C)c(C)c2CCCC#N)=C1. The molecule has 0 unspecified atom stereocenters. The largest absolute Gasteiger partial charge is 0.198 e. The third kappa shape index (κ3) is 4.61. The summed E-state index contributed by atoms with van der Waals surface area (Å²) >= 11 is 0. The van der Waals surface area contributed by atoms with E-state index in [0.29, 0.717) is 12.3 Å². The van der Waals surface area contributed by atoms with E-state index >= 15 is 0 Å². The molecule has 0 aliphatic heterocycles. The number of rotatable bonds is 6. The maximum Gasteiger partial charge on any atom is 0.0621 e. The molecule has 1 nitrogen and oxygen atoms in total. The van der Waals surface area contributed by atoms with E-state index in [4.69, 9.17) is 5.26 Å². The van der Waals surface area contributed by atoms with Crippen molar-refractivity contribution in [3.63, 3.8) is 0 Å². The molecule has 0 spiro atoms. The highest BCUT2D eigenvalue weighted by Crippen LogP contribution is 2.44. The molecule has 0 aromatic heterocycles. The highest BCUT2D eigenvalue weighted by molar-refractivity contribution is 5.85. The summed E-state index contributed by atoms with van der Waals surface area (Å²) in [6.07, 6.45) is 7.17. The zero-order chi connectivity index (χ0) is 23.6. The summed E-state index contributed by atoms with van der Waals surface area (Å²) in [4.78, 5) is 0. The molecule has 32 heavy (non-hydrogen) atoms. The van der Waals surface area contributed by atoms with E-state index < -0.39 is 0 Å². The first-order chi connectivity index (χ1) is 15.2. The van der Waals surface area contributed by atoms with Crippen molar-refractivity contribution >= 4 is 5.57 Å². The maximum atomic E-state index is 9.17. The Balaban J connectivity index is 2.37. The van der Waals surface area contributed by atoms with Gasteiger partial charge in [0.05, 0.1) is 6.07 Å². The summed E-state index contributed by atoms with van der Waals surface area (Å²) in [5.41, 5.74) is 17.1. The molecule has 0 radical (unpaired) electrons. The number of nitriles is 1.